The summed E-state index contributed by atoms with van der Waals surface area (Å²) in [6, 6.07) is 65.2. The minimum absolute atomic E-state index is 0.842. The summed E-state index contributed by atoms with van der Waals surface area (Å²) in [5, 5.41) is 6.95. The number of nitrogens with zero attached hydrogens (tertiary/aromatic N) is 8. The molecule has 0 saturated heterocycles. The monoisotopic (exact) mass is 818 g/mol. The van der Waals surface area contributed by atoms with Crippen molar-refractivity contribution in [1.29, 1.82) is 0 Å². The molecule has 0 saturated carbocycles. The van der Waals surface area contributed by atoms with Gasteiger partial charge in [0.1, 0.15) is 22.3 Å². The van der Waals surface area contributed by atoms with Crippen molar-refractivity contribution in [2.24, 2.45) is 0 Å². The van der Waals surface area contributed by atoms with E-state index >= 15 is 0 Å². The van der Waals surface area contributed by atoms with Gasteiger partial charge in [0.2, 0.25) is 0 Å². The molecule has 0 atom stereocenters. The van der Waals surface area contributed by atoms with Gasteiger partial charge in [-0.25, -0.2) is 9.97 Å². The summed E-state index contributed by atoms with van der Waals surface area (Å²) >= 11 is 0. The Morgan fingerprint density at radius 2 is 0.547 bits per heavy atom. The highest BCUT2D eigenvalue weighted by Crippen LogP contribution is 2.40. The van der Waals surface area contributed by atoms with Crippen LogP contribution in [0.25, 0.3) is 122 Å². The second-order valence-electron chi connectivity index (χ2n) is 16.4. The van der Waals surface area contributed by atoms with Crippen molar-refractivity contribution in [2.45, 2.75) is 0 Å². The van der Waals surface area contributed by atoms with Gasteiger partial charge in [-0.3, -0.25) is 14.5 Å². The molecule has 6 aromatic carbocycles. The summed E-state index contributed by atoms with van der Waals surface area (Å²) in [5.41, 5.74) is 16.0. The SMILES string of the molecule is c1ccc2c(c1)c1ccccc1n2-c1cc(-c2cc(-n3c4cccnc4c4ncccc43)cc(-n3c4ncccc4c4cccnc43)c2)cc(-n2c3ccccc3c3ccccc32)c1. The summed E-state index contributed by atoms with van der Waals surface area (Å²) < 4.78 is 9.33. The Hall–Kier alpha value is -8.88. The van der Waals surface area contributed by atoms with Crippen LogP contribution in [0.2, 0.25) is 0 Å². The summed E-state index contributed by atoms with van der Waals surface area (Å²) in [4.78, 5) is 19.7. The van der Waals surface area contributed by atoms with Crippen molar-refractivity contribution in [3.63, 3.8) is 0 Å². The van der Waals surface area contributed by atoms with Gasteiger partial charge in [-0.05, 0) is 120 Å². The van der Waals surface area contributed by atoms with Crippen molar-refractivity contribution in [2.75, 3.05) is 0 Å². The molecule has 0 amide bonds. The molecule has 64 heavy (non-hydrogen) atoms. The van der Waals surface area contributed by atoms with Crippen LogP contribution >= 0.6 is 0 Å². The first kappa shape index (κ1) is 34.8. The third-order valence-electron chi connectivity index (χ3n) is 12.9. The normalized spacial score (nSPS) is 12.1. The fourth-order valence-electron chi connectivity index (χ4n) is 10.3. The highest BCUT2D eigenvalue weighted by atomic mass is 15.1. The highest BCUT2D eigenvalue weighted by molar-refractivity contribution is 6.11. The number of para-hydroxylation sites is 4. The van der Waals surface area contributed by atoms with Crippen LogP contribution in [-0.4, -0.2) is 38.2 Å². The molecule has 0 aliphatic heterocycles. The van der Waals surface area contributed by atoms with E-state index in [-0.39, 0.29) is 0 Å². The number of hydrogen-bond acceptors (Lipinski definition) is 4. The number of benzene rings is 6. The lowest BCUT2D eigenvalue weighted by atomic mass is 10.0. The molecule has 8 heterocycles. The predicted molar refractivity (Wildman–Crippen MR) is 260 cm³/mol. The number of rotatable bonds is 5. The maximum Gasteiger partial charge on any atom is 0.146 e. The molecule has 0 aliphatic rings. The molecule has 298 valence electrons. The molecule has 0 N–H and O–H groups in total. The third-order valence-corrected chi connectivity index (χ3v) is 12.9. The molecule has 0 fully saturated rings. The molecule has 14 rings (SSSR count). The summed E-state index contributed by atoms with van der Waals surface area (Å²) in [7, 11) is 0. The van der Waals surface area contributed by atoms with E-state index in [1.807, 2.05) is 49.1 Å². The van der Waals surface area contributed by atoms with E-state index in [0.29, 0.717) is 0 Å². The zero-order valence-corrected chi connectivity index (χ0v) is 34.2. The molecule has 8 aromatic heterocycles. The van der Waals surface area contributed by atoms with E-state index in [2.05, 4.69) is 176 Å². The lowest BCUT2D eigenvalue weighted by Gasteiger charge is -2.18. The van der Waals surface area contributed by atoms with E-state index in [4.69, 9.17) is 19.9 Å². The van der Waals surface area contributed by atoms with Crippen LogP contribution in [-0.2, 0) is 0 Å². The molecular weight excluding hydrogens is 785 g/mol. The van der Waals surface area contributed by atoms with E-state index in [0.717, 1.165) is 100 Å². The number of hydrogen-bond donors (Lipinski definition) is 0. The predicted octanol–water partition coefficient (Wildman–Crippen LogP) is 13.3. The van der Waals surface area contributed by atoms with Crippen LogP contribution < -0.4 is 0 Å². The molecule has 0 aliphatic carbocycles. The van der Waals surface area contributed by atoms with Gasteiger partial charge < -0.3 is 13.7 Å². The smallest absolute Gasteiger partial charge is 0.146 e. The Kier molecular flexibility index (Phi) is 7.23. The molecule has 14 aromatic rings. The number of aromatic nitrogens is 8. The Balaban J connectivity index is 1.13. The van der Waals surface area contributed by atoms with Crippen LogP contribution in [0.4, 0.5) is 0 Å². The van der Waals surface area contributed by atoms with Gasteiger partial charge >= 0.3 is 0 Å². The molecule has 8 nitrogen and oxygen atoms in total. The highest BCUT2D eigenvalue weighted by Gasteiger charge is 2.22. The molecule has 8 heteroatoms. The minimum atomic E-state index is 0.842. The van der Waals surface area contributed by atoms with Crippen molar-refractivity contribution >= 4 is 87.7 Å². The molecule has 0 unspecified atom stereocenters. The van der Waals surface area contributed by atoms with Gasteiger partial charge in [0, 0.05) is 74.2 Å². The first-order valence-corrected chi connectivity index (χ1v) is 21.5. The van der Waals surface area contributed by atoms with E-state index in [9.17, 15) is 0 Å². The fraction of sp³-hybridized carbons (Fsp3) is 0. The van der Waals surface area contributed by atoms with Gasteiger partial charge in [-0.2, -0.15) is 0 Å². The van der Waals surface area contributed by atoms with Crippen molar-refractivity contribution in [3.05, 3.63) is 207 Å². The van der Waals surface area contributed by atoms with Crippen LogP contribution in [0, 0.1) is 0 Å². The second-order valence-corrected chi connectivity index (χ2v) is 16.4. The van der Waals surface area contributed by atoms with Crippen LogP contribution in [0.5, 0.6) is 0 Å². The average molecular weight is 819 g/mol. The van der Waals surface area contributed by atoms with E-state index in [1.165, 1.54) is 21.5 Å². The fourth-order valence-corrected chi connectivity index (χ4v) is 10.3. The quantitative estimate of drug-likeness (QED) is 0.173. The van der Waals surface area contributed by atoms with Crippen LogP contribution in [0.1, 0.15) is 0 Å². The average Bonchev–Trinajstić information content (AvgIpc) is 4.09. The summed E-state index contributed by atoms with van der Waals surface area (Å²) in [6.07, 6.45) is 7.41. The third kappa shape index (κ3) is 4.93. The molecular formula is C56H34N8. The molecule has 0 spiro atoms. The van der Waals surface area contributed by atoms with E-state index < -0.39 is 0 Å². The summed E-state index contributed by atoms with van der Waals surface area (Å²) in [6.45, 7) is 0. The maximum atomic E-state index is 4.99. The lowest BCUT2D eigenvalue weighted by Crippen LogP contribution is -2.03. The van der Waals surface area contributed by atoms with Gasteiger partial charge in [-0.1, -0.05) is 72.8 Å². The Bertz CT molecular complexity index is 3470. The summed E-state index contributed by atoms with van der Waals surface area (Å²) in [5.74, 6) is 0. The first-order valence-electron chi connectivity index (χ1n) is 21.5. The standard InChI is InChI=1S/C56H34N8/c1-5-19-47-41(13-1)42-14-2-6-20-48(42)61(47)37-29-35(30-38(33-37)62-49-21-7-3-15-43(49)44-16-4-8-22-50(44)62)36-31-39(63-51-23-11-25-57-53(51)54-52(63)24-12-26-58-54)34-40(32-36)64-55-45(17-9-27-59-55)46-18-10-28-60-56(46)64/h1-34H. The molecule has 0 radical (unpaired) electrons. The number of fused-ring (bicyclic) bond motifs is 12. The van der Waals surface area contributed by atoms with Crippen molar-refractivity contribution in [3.8, 4) is 33.9 Å². The van der Waals surface area contributed by atoms with Gasteiger partial charge in [-0.15, -0.1) is 0 Å². The Morgan fingerprint density at radius 1 is 0.250 bits per heavy atom. The Labute approximate surface area is 365 Å². The van der Waals surface area contributed by atoms with Crippen LogP contribution in [0.15, 0.2) is 207 Å². The first-order chi connectivity index (χ1) is 31.8. The van der Waals surface area contributed by atoms with Crippen molar-refractivity contribution in [1.82, 2.24) is 38.2 Å². The van der Waals surface area contributed by atoms with Gasteiger partial charge in [0.15, 0.2) is 0 Å². The largest absolute Gasteiger partial charge is 0.309 e. The maximum absolute atomic E-state index is 4.99. The zero-order chi connectivity index (χ0) is 41.9. The second kappa shape index (κ2) is 13.3. The topological polar surface area (TPSA) is 71.3 Å². The minimum Gasteiger partial charge on any atom is -0.309 e. The Morgan fingerprint density at radius 3 is 0.953 bits per heavy atom. The number of pyridine rings is 4. The molecule has 0 bridgehead atoms. The van der Waals surface area contributed by atoms with Crippen LogP contribution in [0.3, 0.4) is 0 Å². The van der Waals surface area contributed by atoms with Crippen molar-refractivity contribution < 1.29 is 0 Å². The lowest BCUT2D eigenvalue weighted by molar-refractivity contribution is 1.09. The van der Waals surface area contributed by atoms with E-state index in [1.54, 1.807) is 0 Å². The van der Waals surface area contributed by atoms with Gasteiger partial charge in [0.05, 0.1) is 38.8 Å². The zero-order valence-electron chi connectivity index (χ0n) is 34.2. The van der Waals surface area contributed by atoms with Gasteiger partial charge in [0.25, 0.3) is 0 Å².